The number of halogens is 2. The van der Waals surface area contributed by atoms with Crippen molar-refractivity contribution in [1.29, 1.82) is 0 Å². The molecule has 0 aliphatic heterocycles. The number of benzene rings is 2. The summed E-state index contributed by atoms with van der Waals surface area (Å²) in [5.41, 5.74) is 1.03. The van der Waals surface area contributed by atoms with Crippen molar-refractivity contribution in [2.45, 2.75) is 57.8 Å². The first-order valence-electron chi connectivity index (χ1n) is 10.7. The Hall–Kier alpha value is -2.94. The molecular weight excluding hydrogens is 446 g/mol. The number of carbonyl (C=O) groups is 1. The van der Waals surface area contributed by atoms with Gasteiger partial charge in [-0.05, 0) is 56.5 Å². The number of ether oxygens (including phenoxy) is 1. The van der Waals surface area contributed by atoms with Gasteiger partial charge < -0.3 is 14.6 Å². The molecule has 0 radical (unpaired) electrons. The highest BCUT2D eigenvalue weighted by molar-refractivity contribution is 7.99. The van der Waals surface area contributed by atoms with Crippen LogP contribution in [-0.2, 0) is 4.79 Å². The van der Waals surface area contributed by atoms with E-state index in [-0.39, 0.29) is 23.6 Å². The maximum absolute atomic E-state index is 13.8. The molecule has 1 N–H and O–H groups in total. The number of amides is 1. The summed E-state index contributed by atoms with van der Waals surface area (Å²) >= 11 is 1.17. The van der Waals surface area contributed by atoms with E-state index >= 15 is 0 Å². The molecule has 0 spiro atoms. The third-order valence-electron chi connectivity index (χ3n) is 4.97. The summed E-state index contributed by atoms with van der Waals surface area (Å²) in [6, 6.07) is 10.9. The van der Waals surface area contributed by atoms with Crippen molar-refractivity contribution < 1.29 is 18.3 Å². The van der Waals surface area contributed by atoms with Crippen LogP contribution in [0.3, 0.4) is 0 Å². The van der Waals surface area contributed by atoms with Crippen LogP contribution in [-0.4, -0.2) is 26.4 Å². The van der Waals surface area contributed by atoms with Crippen molar-refractivity contribution >= 4 is 23.4 Å². The lowest BCUT2D eigenvalue weighted by Gasteiger charge is -2.19. The van der Waals surface area contributed by atoms with E-state index in [1.54, 1.807) is 0 Å². The summed E-state index contributed by atoms with van der Waals surface area (Å²) in [5.74, 6) is -0.0279. The molecule has 0 saturated heterocycles. The van der Waals surface area contributed by atoms with Gasteiger partial charge in [0.1, 0.15) is 17.4 Å². The first kappa shape index (κ1) is 24.7. The van der Waals surface area contributed by atoms with Crippen molar-refractivity contribution in [3.8, 4) is 5.75 Å². The summed E-state index contributed by atoms with van der Waals surface area (Å²) in [6.07, 6.45) is -0.366. The van der Waals surface area contributed by atoms with Gasteiger partial charge in [-0.3, -0.25) is 4.79 Å². The largest absolute Gasteiger partial charge is 0.483 e. The lowest BCUT2D eigenvalue weighted by Crippen LogP contribution is -2.17. The fourth-order valence-electron chi connectivity index (χ4n) is 3.25. The molecule has 1 unspecified atom stereocenters. The third kappa shape index (κ3) is 6.31. The minimum Gasteiger partial charge on any atom is -0.483 e. The van der Waals surface area contributed by atoms with Gasteiger partial charge in [0.15, 0.2) is 17.1 Å². The van der Waals surface area contributed by atoms with Crippen LogP contribution in [0, 0.1) is 11.6 Å². The second-order valence-corrected chi connectivity index (χ2v) is 9.19. The molecule has 1 atom stereocenters. The van der Waals surface area contributed by atoms with E-state index in [9.17, 15) is 13.6 Å². The van der Waals surface area contributed by atoms with Crippen LogP contribution in [0.15, 0.2) is 47.6 Å². The third-order valence-corrected chi connectivity index (χ3v) is 5.91. The molecule has 6 nitrogen and oxygen atoms in total. The number of anilines is 1. The molecular formula is C24H28F2N4O2S. The Morgan fingerprint density at radius 2 is 1.76 bits per heavy atom. The van der Waals surface area contributed by atoms with Crippen LogP contribution in [0.25, 0.3) is 0 Å². The average Bonchev–Trinajstić information content (AvgIpc) is 3.20. The number of nitrogens with one attached hydrogen (secondary N) is 1. The Morgan fingerprint density at radius 3 is 2.39 bits per heavy atom. The van der Waals surface area contributed by atoms with Crippen LogP contribution < -0.4 is 10.1 Å². The average molecular weight is 475 g/mol. The quantitative estimate of drug-likeness (QED) is 0.378. The predicted molar refractivity (Wildman–Crippen MR) is 126 cm³/mol. The minimum atomic E-state index is -0.699. The zero-order valence-corrected chi connectivity index (χ0v) is 20.1. The van der Waals surface area contributed by atoms with E-state index in [4.69, 9.17) is 4.74 Å². The highest BCUT2D eigenvalue weighted by Crippen LogP contribution is 2.28. The standard InChI is InChI=1S/C24H28F2N4O2S/c1-14(2)17-6-9-19(10-7-17)32-16(5)23-28-29-24(30(23)15(3)4)33-13-22(31)27-21-12-18(25)8-11-20(21)26/h6-12,14-16H,13H2,1-5H3,(H,27,31). The lowest BCUT2D eigenvalue weighted by molar-refractivity contribution is -0.113. The molecule has 176 valence electrons. The van der Waals surface area contributed by atoms with Gasteiger partial charge in [0.25, 0.3) is 0 Å². The SMILES string of the molecule is CC(C)c1ccc(OC(C)c2nnc(SCC(=O)Nc3cc(F)ccc3F)n2C(C)C)cc1. The van der Waals surface area contributed by atoms with Gasteiger partial charge in [0, 0.05) is 12.1 Å². The zero-order chi connectivity index (χ0) is 24.1. The van der Waals surface area contributed by atoms with Crippen LogP contribution >= 0.6 is 11.8 Å². The van der Waals surface area contributed by atoms with Crippen molar-refractivity contribution in [2.24, 2.45) is 0 Å². The number of thioether (sulfide) groups is 1. The molecule has 0 saturated carbocycles. The van der Waals surface area contributed by atoms with E-state index in [1.807, 2.05) is 49.6 Å². The molecule has 2 aromatic carbocycles. The Balaban J connectivity index is 1.68. The van der Waals surface area contributed by atoms with Crippen LogP contribution in [0.1, 0.15) is 64.1 Å². The first-order valence-corrected chi connectivity index (χ1v) is 11.7. The van der Waals surface area contributed by atoms with Gasteiger partial charge in [-0.25, -0.2) is 8.78 Å². The lowest BCUT2D eigenvalue weighted by atomic mass is 10.0. The van der Waals surface area contributed by atoms with Gasteiger partial charge in [-0.15, -0.1) is 10.2 Å². The second kappa shape index (κ2) is 10.8. The molecule has 3 aromatic rings. The number of aromatic nitrogens is 3. The maximum atomic E-state index is 13.8. The van der Waals surface area contributed by atoms with Crippen LogP contribution in [0.4, 0.5) is 14.5 Å². The molecule has 0 bridgehead atoms. The highest BCUT2D eigenvalue weighted by atomic mass is 32.2. The van der Waals surface area contributed by atoms with Gasteiger partial charge in [0.2, 0.25) is 5.91 Å². The second-order valence-electron chi connectivity index (χ2n) is 8.25. The molecule has 9 heteroatoms. The fourth-order valence-corrected chi connectivity index (χ4v) is 4.12. The molecule has 0 fully saturated rings. The Labute approximate surface area is 196 Å². The minimum absolute atomic E-state index is 0.0237. The van der Waals surface area contributed by atoms with Crippen molar-refractivity contribution in [3.63, 3.8) is 0 Å². The van der Waals surface area contributed by atoms with E-state index in [1.165, 1.54) is 17.3 Å². The summed E-state index contributed by atoms with van der Waals surface area (Å²) in [5, 5.41) is 11.5. The van der Waals surface area contributed by atoms with Gasteiger partial charge in [-0.1, -0.05) is 37.7 Å². The van der Waals surface area contributed by atoms with Crippen LogP contribution in [0.5, 0.6) is 5.75 Å². The van der Waals surface area contributed by atoms with Crippen molar-refractivity contribution in [2.75, 3.05) is 11.1 Å². The van der Waals surface area contributed by atoms with Crippen LogP contribution in [0.2, 0.25) is 0 Å². The van der Waals surface area contributed by atoms with E-state index in [2.05, 4.69) is 29.4 Å². The summed E-state index contributed by atoms with van der Waals surface area (Å²) in [4.78, 5) is 12.3. The topological polar surface area (TPSA) is 69.0 Å². The summed E-state index contributed by atoms with van der Waals surface area (Å²) in [6.45, 7) is 10.1. The smallest absolute Gasteiger partial charge is 0.234 e. The number of rotatable bonds is 9. The molecule has 1 heterocycles. The molecule has 0 aliphatic rings. The van der Waals surface area contributed by atoms with Gasteiger partial charge in [0.05, 0.1) is 11.4 Å². The molecule has 0 aliphatic carbocycles. The summed E-state index contributed by atoms with van der Waals surface area (Å²) < 4.78 is 35.1. The number of hydrogen-bond acceptors (Lipinski definition) is 5. The first-order chi connectivity index (χ1) is 15.7. The molecule has 3 rings (SSSR count). The number of carbonyl (C=O) groups excluding carboxylic acids is 1. The van der Waals surface area contributed by atoms with E-state index in [0.717, 1.165) is 23.9 Å². The normalized spacial score (nSPS) is 12.3. The number of nitrogens with zero attached hydrogens (tertiary/aromatic N) is 3. The predicted octanol–water partition coefficient (Wildman–Crippen LogP) is 6.13. The van der Waals surface area contributed by atoms with Gasteiger partial charge >= 0.3 is 0 Å². The Kier molecular flexibility index (Phi) is 8.07. The monoisotopic (exact) mass is 474 g/mol. The maximum Gasteiger partial charge on any atom is 0.234 e. The van der Waals surface area contributed by atoms with Crippen molar-refractivity contribution in [1.82, 2.24) is 14.8 Å². The van der Waals surface area contributed by atoms with E-state index in [0.29, 0.717) is 16.9 Å². The number of hydrogen-bond donors (Lipinski definition) is 1. The Morgan fingerprint density at radius 1 is 1.06 bits per heavy atom. The zero-order valence-electron chi connectivity index (χ0n) is 19.3. The van der Waals surface area contributed by atoms with Gasteiger partial charge in [-0.2, -0.15) is 0 Å². The Bertz CT molecular complexity index is 1100. The molecule has 1 aromatic heterocycles. The highest BCUT2D eigenvalue weighted by Gasteiger charge is 2.22. The fraction of sp³-hybridized carbons (Fsp3) is 0.375. The summed E-state index contributed by atoms with van der Waals surface area (Å²) in [7, 11) is 0. The van der Waals surface area contributed by atoms with Crippen molar-refractivity contribution in [3.05, 3.63) is 65.5 Å². The van der Waals surface area contributed by atoms with E-state index < -0.39 is 17.5 Å². The molecule has 33 heavy (non-hydrogen) atoms. The molecule has 1 amide bonds.